The molecule has 12 heteroatoms. The van der Waals surface area contributed by atoms with Crippen LogP contribution in [0.1, 0.15) is 18.2 Å². The molecule has 4 aromatic heterocycles. The average Bonchev–Trinajstić information content (AvgIpc) is 3.64. The molecular formula is C22H19ClFN9O. The van der Waals surface area contributed by atoms with Crippen LogP contribution in [0.4, 0.5) is 4.39 Å². The van der Waals surface area contributed by atoms with E-state index in [0.29, 0.717) is 24.3 Å². The van der Waals surface area contributed by atoms with E-state index in [9.17, 15) is 0 Å². The molecule has 0 saturated carbocycles. The van der Waals surface area contributed by atoms with Gasteiger partial charge in [0.05, 0.1) is 40.7 Å². The molecule has 0 amide bonds. The van der Waals surface area contributed by atoms with Crippen molar-refractivity contribution in [1.82, 2.24) is 44.5 Å². The first-order valence-corrected chi connectivity index (χ1v) is 10.7. The van der Waals surface area contributed by atoms with Crippen molar-refractivity contribution in [2.45, 2.75) is 12.5 Å². The van der Waals surface area contributed by atoms with Crippen molar-refractivity contribution >= 4 is 11.6 Å². The molecule has 0 aliphatic carbocycles. The lowest BCUT2D eigenvalue weighted by Gasteiger charge is -2.18. The number of methoxy groups -OCH3 is 1. The van der Waals surface area contributed by atoms with Gasteiger partial charge in [0.15, 0.2) is 5.82 Å². The first-order chi connectivity index (χ1) is 16.7. The maximum absolute atomic E-state index is 15.1. The van der Waals surface area contributed by atoms with Gasteiger partial charge in [0.25, 0.3) is 0 Å². The van der Waals surface area contributed by atoms with Gasteiger partial charge in [0.1, 0.15) is 6.33 Å². The molecule has 1 aromatic carbocycles. The normalized spacial score (nSPS) is 12.2. The second-order valence-corrected chi connectivity index (χ2v) is 7.83. The molecule has 0 fully saturated rings. The number of rotatable bonds is 8. The molecule has 5 aromatic rings. The van der Waals surface area contributed by atoms with Gasteiger partial charge >= 0.3 is 0 Å². The van der Waals surface area contributed by atoms with E-state index >= 15 is 4.39 Å². The Labute approximate surface area is 198 Å². The lowest BCUT2D eigenvalue weighted by atomic mass is 10.0. The Kier molecular flexibility index (Phi) is 6.11. The van der Waals surface area contributed by atoms with Crippen LogP contribution < -0.4 is 0 Å². The number of pyridine rings is 1. The Morgan fingerprint density at radius 2 is 2.06 bits per heavy atom. The van der Waals surface area contributed by atoms with Crippen molar-refractivity contribution in [2.24, 2.45) is 0 Å². The van der Waals surface area contributed by atoms with Crippen molar-refractivity contribution in [2.75, 3.05) is 13.7 Å². The van der Waals surface area contributed by atoms with Crippen LogP contribution in [0, 0.1) is 5.82 Å². The molecule has 172 valence electrons. The number of hydrogen-bond donors (Lipinski definition) is 0. The summed E-state index contributed by atoms with van der Waals surface area (Å²) in [5.41, 5.74) is 2.89. The summed E-state index contributed by atoms with van der Waals surface area (Å²) in [7, 11) is 1.65. The predicted octanol–water partition coefficient (Wildman–Crippen LogP) is 3.52. The van der Waals surface area contributed by atoms with Gasteiger partial charge in [-0.15, -0.1) is 5.10 Å². The number of hydrogen-bond acceptors (Lipinski definition) is 7. The maximum atomic E-state index is 15.1. The lowest BCUT2D eigenvalue weighted by Crippen LogP contribution is -2.15. The zero-order valence-electron chi connectivity index (χ0n) is 18.0. The zero-order chi connectivity index (χ0) is 23.5. The molecule has 0 radical (unpaired) electrons. The van der Waals surface area contributed by atoms with Crippen LogP contribution in [0.2, 0.25) is 5.02 Å². The van der Waals surface area contributed by atoms with E-state index in [1.807, 2.05) is 27.7 Å². The van der Waals surface area contributed by atoms with Gasteiger partial charge in [-0.1, -0.05) is 17.7 Å². The summed E-state index contributed by atoms with van der Waals surface area (Å²) in [6, 6.07) is 6.58. The van der Waals surface area contributed by atoms with Gasteiger partial charge in [0.2, 0.25) is 0 Å². The van der Waals surface area contributed by atoms with Crippen LogP contribution in [-0.2, 0) is 4.74 Å². The van der Waals surface area contributed by atoms with Crippen molar-refractivity contribution in [3.8, 4) is 22.5 Å². The first kappa shape index (κ1) is 21.9. The molecule has 1 atom stereocenters. The van der Waals surface area contributed by atoms with Crippen molar-refractivity contribution in [3.05, 3.63) is 84.4 Å². The van der Waals surface area contributed by atoms with Crippen molar-refractivity contribution in [1.29, 1.82) is 0 Å². The largest absolute Gasteiger partial charge is 0.385 e. The van der Waals surface area contributed by atoms with E-state index in [1.54, 1.807) is 44.2 Å². The molecule has 0 aliphatic rings. The average molecular weight is 480 g/mol. The monoisotopic (exact) mass is 479 g/mol. The van der Waals surface area contributed by atoms with Gasteiger partial charge < -0.3 is 9.30 Å². The third-order valence-corrected chi connectivity index (χ3v) is 5.68. The van der Waals surface area contributed by atoms with Crippen molar-refractivity contribution < 1.29 is 9.13 Å². The minimum absolute atomic E-state index is 0.00237. The highest BCUT2D eigenvalue weighted by Gasteiger charge is 2.20. The summed E-state index contributed by atoms with van der Waals surface area (Å²) < 4.78 is 25.5. The predicted molar refractivity (Wildman–Crippen MR) is 121 cm³/mol. The molecule has 0 saturated heterocycles. The van der Waals surface area contributed by atoms with Gasteiger partial charge in [0, 0.05) is 49.6 Å². The van der Waals surface area contributed by atoms with E-state index in [2.05, 4.69) is 30.6 Å². The van der Waals surface area contributed by atoms with Gasteiger partial charge in [-0.05, 0) is 35.0 Å². The molecule has 0 bridgehead atoms. The fourth-order valence-electron chi connectivity index (χ4n) is 3.72. The molecule has 0 N–H and O–H groups in total. The van der Waals surface area contributed by atoms with Gasteiger partial charge in [-0.2, -0.15) is 9.78 Å². The number of tetrazole rings is 1. The molecule has 4 heterocycles. The van der Waals surface area contributed by atoms with Crippen LogP contribution in [0.25, 0.3) is 22.5 Å². The summed E-state index contributed by atoms with van der Waals surface area (Å²) in [4.78, 5) is 8.72. The fraction of sp³-hybridized carbons (Fsp3) is 0.182. The van der Waals surface area contributed by atoms with Crippen LogP contribution in [0.3, 0.4) is 0 Å². The molecule has 5 rings (SSSR count). The van der Waals surface area contributed by atoms with E-state index < -0.39 is 5.82 Å². The Balaban J connectivity index is 1.51. The summed E-state index contributed by atoms with van der Waals surface area (Å²) in [6.45, 7) is 0.515. The number of ether oxygens (including phenoxy) is 1. The Morgan fingerprint density at radius 1 is 1.15 bits per heavy atom. The Bertz CT molecular complexity index is 1370. The highest BCUT2D eigenvalue weighted by Crippen LogP contribution is 2.33. The van der Waals surface area contributed by atoms with Crippen LogP contribution >= 0.6 is 11.6 Å². The first-order valence-electron chi connectivity index (χ1n) is 10.3. The molecule has 10 nitrogen and oxygen atoms in total. The lowest BCUT2D eigenvalue weighted by molar-refractivity contribution is 0.181. The second-order valence-electron chi connectivity index (χ2n) is 7.43. The number of benzene rings is 1. The van der Waals surface area contributed by atoms with Gasteiger partial charge in [-0.25, -0.2) is 9.37 Å². The van der Waals surface area contributed by atoms with Crippen LogP contribution in [-0.4, -0.2) is 58.2 Å². The molecule has 1 unspecified atom stereocenters. The molecule has 0 aliphatic heterocycles. The Morgan fingerprint density at radius 3 is 2.76 bits per heavy atom. The summed E-state index contributed by atoms with van der Waals surface area (Å²) in [5.74, 6) is -0.572. The topological polar surface area (TPSA) is 101 Å². The molecular weight excluding hydrogens is 461 g/mol. The maximum Gasteiger partial charge on any atom is 0.151 e. The fourth-order valence-corrected chi connectivity index (χ4v) is 3.87. The van der Waals surface area contributed by atoms with E-state index in [-0.39, 0.29) is 16.6 Å². The van der Waals surface area contributed by atoms with E-state index in [0.717, 1.165) is 11.4 Å². The highest BCUT2D eigenvalue weighted by molar-refractivity contribution is 6.31. The summed E-state index contributed by atoms with van der Waals surface area (Å²) in [6.07, 6.45) is 12.6. The summed E-state index contributed by atoms with van der Waals surface area (Å²) >= 11 is 6.07. The Hall–Kier alpha value is -3.96. The third kappa shape index (κ3) is 4.18. The van der Waals surface area contributed by atoms with Crippen LogP contribution in [0.5, 0.6) is 0 Å². The minimum Gasteiger partial charge on any atom is -0.385 e. The van der Waals surface area contributed by atoms with E-state index in [1.165, 1.54) is 17.1 Å². The molecule has 0 spiro atoms. The van der Waals surface area contributed by atoms with Crippen LogP contribution in [0.15, 0.2) is 67.9 Å². The van der Waals surface area contributed by atoms with Gasteiger partial charge in [-0.3, -0.25) is 9.67 Å². The number of aromatic nitrogens is 9. The minimum atomic E-state index is -0.572. The highest BCUT2D eigenvalue weighted by atomic mass is 35.5. The molecule has 34 heavy (non-hydrogen) atoms. The number of halogens is 2. The summed E-state index contributed by atoms with van der Waals surface area (Å²) in [5, 5.41) is 15.7. The second kappa shape index (κ2) is 9.49. The zero-order valence-corrected chi connectivity index (χ0v) is 18.8. The quantitative estimate of drug-likeness (QED) is 0.335. The number of imidazole rings is 1. The number of nitrogens with zero attached hydrogens (tertiary/aromatic N) is 9. The smallest absolute Gasteiger partial charge is 0.151 e. The SMILES string of the molecule is COCCC(c1ccc(-c2c(-n3cnnn3)ccc(Cl)c2F)cn1)n1cc(-n2ccnc2)cn1. The van der Waals surface area contributed by atoms with E-state index in [4.69, 9.17) is 16.3 Å². The standard InChI is InChI=1S/C22H19ClFN9O/c1-34-9-6-19(32-12-16(11-28-32)31-8-7-25-13-31)18-4-2-15(10-26-18)21-20(33-14-27-29-30-33)5-3-17(23)22(21)24/h2-5,7-8,10-14,19H,6,9H2,1H3. The third-order valence-electron chi connectivity index (χ3n) is 5.39. The van der Waals surface area contributed by atoms with Crippen molar-refractivity contribution in [3.63, 3.8) is 0 Å².